The molecule has 3 nitrogen and oxygen atoms in total. The summed E-state index contributed by atoms with van der Waals surface area (Å²) in [5.74, 6) is 0.760. The molecule has 0 fully saturated rings. The third-order valence-electron chi connectivity index (χ3n) is 2.58. The van der Waals surface area contributed by atoms with Crippen molar-refractivity contribution in [3.8, 4) is 5.75 Å². The van der Waals surface area contributed by atoms with Gasteiger partial charge in [0, 0.05) is 6.54 Å². The highest BCUT2D eigenvalue weighted by Gasteiger charge is 2.02. The first kappa shape index (κ1) is 15.3. The Labute approximate surface area is 115 Å². The number of hydrogen-bond donors (Lipinski definition) is 1. The van der Waals surface area contributed by atoms with Crippen LogP contribution in [0.3, 0.4) is 0 Å². The van der Waals surface area contributed by atoms with E-state index in [-0.39, 0.29) is 0 Å². The molecule has 0 spiro atoms. The van der Waals surface area contributed by atoms with E-state index in [0.29, 0.717) is 11.6 Å². The minimum absolute atomic E-state index is 0.641. The molecular weight excluding hydrogens is 248 g/mol. The van der Waals surface area contributed by atoms with Gasteiger partial charge in [-0.2, -0.15) is 0 Å². The van der Waals surface area contributed by atoms with Crippen LogP contribution in [0.15, 0.2) is 18.2 Å². The van der Waals surface area contributed by atoms with Crippen molar-refractivity contribution in [2.45, 2.75) is 19.9 Å². The van der Waals surface area contributed by atoms with Gasteiger partial charge in [0.15, 0.2) is 0 Å². The average Bonchev–Trinajstić information content (AvgIpc) is 2.32. The number of ether oxygens (including phenoxy) is 1. The van der Waals surface area contributed by atoms with Gasteiger partial charge in [-0.05, 0) is 58.2 Å². The second-order valence-electron chi connectivity index (χ2n) is 4.53. The van der Waals surface area contributed by atoms with Gasteiger partial charge in [0.1, 0.15) is 5.75 Å². The van der Waals surface area contributed by atoms with Crippen LogP contribution in [0.25, 0.3) is 0 Å². The third kappa shape index (κ3) is 5.71. The molecular formula is C14H23ClN2O. The molecule has 0 saturated heterocycles. The van der Waals surface area contributed by atoms with Crippen LogP contribution in [0.5, 0.6) is 5.75 Å². The zero-order valence-electron chi connectivity index (χ0n) is 11.5. The fourth-order valence-electron chi connectivity index (χ4n) is 1.68. The molecule has 102 valence electrons. The molecule has 0 unspecified atom stereocenters. The van der Waals surface area contributed by atoms with Crippen LogP contribution in [-0.2, 0) is 6.54 Å². The quantitative estimate of drug-likeness (QED) is 0.735. The van der Waals surface area contributed by atoms with E-state index in [4.69, 9.17) is 16.3 Å². The Hall–Kier alpha value is -0.770. The first-order valence-corrected chi connectivity index (χ1v) is 6.78. The summed E-state index contributed by atoms with van der Waals surface area (Å²) >= 11 is 6.13. The predicted octanol–water partition coefficient (Wildman–Crippen LogP) is 2.78. The molecule has 1 aromatic rings. The lowest BCUT2D eigenvalue weighted by Crippen LogP contribution is -2.20. The largest absolute Gasteiger partial charge is 0.492 e. The molecule has 0 amide bonds. The number of nitrogens with zero attached hydrogens (tertiary/aromatic N) is 1. The summed E-state index contributed by atoms with van der Waals surface area (Å²) in [6.45, 7) is 5.57. The molecule has 0 bridgehead atoms. The van der Waals surface area contributed by atoms with Crippen LogP contribution in [0.1, 0.15) is 18.9 Å². The van der Waals surface area contributed by atoms with Crippen molar-refractivity contribution in [3.63, 3.8) is 0 Å². The summed E-state index contributed by atoms with van der Waals surface area (Å²) < 4.78 is 5.40. The van der Waals surface area contributed by atoms with Crippen LogP contribution >= 0.6 is 11.6 Å². The lowest BCUT2D eigenvalue weighted by Gasteiger charge is -2.11. The van der Waals surface area contributed by atoms with Crippen LogP contribution < -0.4 is 10.1 Å². The first-order valence-electron chi connectivity index (χ1n) is 6.40. The zero-order chi connectivity index (χ0) is 13.4. The van der Waals surface area contributed by atoms with Crippen molar-refractivity contribution in [1.29, 1.82) is 0 Å². The molecule has 1 aromatic carbocycles. The Morgan fingerprint density at radius 1 is 1.33 bits per heavy atom. The summed E-state index contributed by atoms with van der Waals surface area (Å²) in [4.78, 5) is 2.19. The summed E-state index contributed by atoms with van der Waals surface area (Å²) in [5.41, 5.74) is 1.19. The molecule has 0 atom stereocenters. The standard InChI is InChI=1S/C14H23ClN2O/c1-4-18-14-7-6-12(10-13(14)15)11-16-8-5-9-17(2)3/h6-7,10,16H,4-5,8-9,11H2,1-3H3. The lowest BCUT2D eigenvalue weighted by molar-refractivity contribution is 0.340. The zero-order valence-corrected chi connectivity index (χ0v) is 12.3. The SMILES string of the molecule is CCOc1ccc(CNCCCN(C)C)cc1Cl. The second-order valence-corrected chi connectivity index (χ2v) is 4.94. The van der Waals surface area contributed by atoms with Crippen LogP contribution in [0.2, 0.25) is 5.02 Å². The normalized spacial score (nSPS) is 10.9. The molecule has 0 saturated carbocycles. The van der Waals surface area contributed by atoms with Gasteiger partial charge in [-0.3, -0.25) is 0 Å². The fourth-order valence-corrected chi connectivity index (χ4v) is 1.94. The summed E-state index contributed by atoms with van der Waals surface area (Å²) in [6.07, 6.45) is 1.15. The number of benzene rings is 1. The van der Waals surface area contributed by atoms with Crippen molar-refractivity contribution in [2.75, 3.05) is 33.8 Å². The third-order valence-corrected chi connectivity index (χ3v) is 2.88. The monoisotopic (exact) mass is 270 g/mol. The van der Waals surface area contributed by atoms with E-state index in [1.165, 1.54) is 5.56 Å². The van der Waals surface area contributed by atoms with Gasteiger partial charge in [-0.15, -0.1) is 0 Å². The fraction of sp³-hybridized carbons (Fsp3) is 0.571. The minimum Gasteiger partial charge on any atom is -0.492 e. The number of hydrogen-bond acceptors (Lipinski definition) is 3. The molecule has 0 heterocycles. The van der Waals surface area contributed by atoms with Gasteiger partial charge >= 0.3 is 0 Å². The Kier molecular flexibility index (Phi) is 7.09. The molecule has 0 aliphatic heterocycles. The van der Waals surface area contributed by atoms with Crippen LogP contribution in [0, 0.1) is 0 Å². The van der Waals surface area contributed by atoms with Gasteiger partial charge in [0.05, 0.1) is 11.6 Å². The van der Waals surface area contributed by atoms with Crippen molar-refractivity contribution >= 4 is 11.6 Å². The van der Waals surface area contributed by atoms with Gasteiger partial charge in [0.25, 0.3) is 0 Å². The van der Waals surface area contributed by atoms with E-state index in [2.05, 4.69) is 30.4 Å². The van der Waals surface area contributed by atoms with E-state index in [1.54, 1.807) is 0 Å². The van der Waals surface area contributed by atoms with Crippen LogP contribution in [-0.4, -0.2) is 38.7 Å². The van der Waals surface area contributed by atoms with Gasteiger partial charge in [-0.25, -0.2) is 0 Å². The highest BCUT2D eigenvalue weighted by molar-refractivity contribution is 6.32. The van der Waals surface area contributed by atoms with Crippen molar-refractivity contribution in [2.24, 2.45) is 0 Å². The van der Waals surface area contributed by atoms with Gasteiger partial charge in [0.2, 0.25) is 0 Å². The maximum Gasteiger partial charge on any atom is 0.137 e. The maximum absolute atomic E-state index is 6.13. The van der Waals surface area contributed by atoms with Crippen molar-refractivity contribution in [1.82, 2.24) is 10.2 Å². The smallest absolute Gasteiger partial charge is 0.137 e. The highest BCUT2D eigenvalue weighted by Crippen LogP contribution is 2.25. The van der Waals surface area contributed by atoms with E-state index in [9.17, 15) is 0 Å². The molecule has 1 N–H and O–H groups in total. The molecule has 1 rings (SSSR count). The molecule has 0 aliphatic carbocycles. The van der Waals surface area contributed by atoms with E-state index < -0.39 is 0 Å². The number of rotatable bonds is 8. The predicted molar refractivity (Wildman–Crippen MR) is 77.5 cm³/mol. The Bertz CT molecular complexity index is 356. The molecule has 0 aliphatic rings. The van der Waals surface area contributed by atoms with E-state index >= 15 is 0 Å². The number of nitrogens with one attached hydrogen (secondary N) is 1. The summed E-state index contributed by atoms with van der Waals surface area (Å²) in [6, 6.07) is 5.95. The molecule has 0 radical (unpaired) electrons. The minimum atomic E-state index is 0.641. The summed E-state index contributed by atoms with van der Waals surface area (Å²) in [7, 11) is 4.18. The number of halogens is 1. The summed E-state index contributed by atoms with van der Waals surface area (Å²) in [5, 5.41) is 4.09. The highest BCUT2D eigenvalue weighted by atomic mass is 35.5. The molecule has 0 aromatic heterocycles. The second kappa shape index (κ2) is 8.35. The topological polar surface area (TPSA) is 24.5 Å². The maximum atomic E-state index is 6.13. The van der Waals surface area contributed by atoms with Crippen LogP contribution in [0.4, 0.5) is 0 Å². The van der Waals surface area contributed by atoms with E-state index in [0.717, 1.165) is 31.8 Å². The Balaban J connectivity index is 2.32. The first-order chi connectivity index (χ1) is 8.63. The molecule has 18 heavy (non-hydrogen) atoms. The average molecular weight is 271 g/mol. The molecule has 4 heteroatoms. The van der Waals surface area contributed by atoms with Crippen molar-refractivity contribution < 1.29 is 4.74 Å². The van der Waals surface area contributed by atoms with Gasteiger partial charge in [-0.1, -0.05) is 17.7 Å². The Morgan fingerprint density at radius 3 is 2.72 bits per heavy atom. The lowest BCUT2D eigenvalue weighted by atomic mass is 10.2. The van der Waals surface area contributed by atoms with Gasteiger partial charge < -0.3 is 15.0 Å². The van der Waals surface area contributed by atoms with E-state index in [1.807, 2.05) is 19.1 Å². The Morgan fingerprint density at radius 2 is 2.11 bits per heavy atom. The van der Waals surface area contributed by atoms with Crippen molar-refractivity contribution in [3.05, 3.63) is 28.8 Å².